The second kappa shape index (κ2) is 14.6. The van der Waals surface area contributed by atoms with Crippen LogP contribution in [0.3, 0.4) is 0 Å². The summed E-state index contributed by atoms with van der Waals surface area (Å²) in [6.45, 7) is 13.6. The molecule has 3 heterocycles. The minimum atomic E-state index is -0.779. The highest BCUT2D eigenvalue weighted by atomic mass is 32.2. The molecule has 3 saturated heterocycles. The molecule has 0 aromatic heterocycles. The lowest BCUT2D eigenvalue weighted by Crippen LogP contribution is -2.58. The van der Waals surface area contributed by atoms with E-state index in [0.717, 1.165) is 36.8 Å². The molecule has 2 aromatic rings. The number of thioether (sulfide) groups is 1. The van der Waals surface area contributed by atoms with Gasteiger partial charge in [0.2, 0.25) is 17.7 Å². The number of hydrogen-bond acceptors (Lipinski definition) is 5. The minimum Gasteiger partial charge on any atom is -0.394 e. The number of amides is 3. The molecule has 5 rings (SSSR count). The van der Waals surface area contributed by atoms with E-state index in [1.165, 1.54) is 0 Å². The van der Waals surface area contributed by atoms with E-state index >= 15 is 0 Å². The molecule has 1 spiro atoms. The van der Waals surface area contributed by atoms with Crippen LogP contribution in [0, 0.1) is 11.8 Å². The van der Waals surface area contributed by atoms with Crippen LogP contribution in [0.1, 0.15) is 57.1 Å². The fourth-order valence-corrected chi connectivity index (χ4v) is 10.4. The molecule has 7 nitrogen and oxygen atoms in total. The van der Waals surface area contributed by atoms with Crippen LogP contribution >= 0.6 is 11.8 Å². The predicted octanol–water partition coefficient (Wildman–Crippen LogP) is 5.49. The summed E-state index contributed by atoms with van der Waals surface area (Å²) in [6, 6.07) is 18.3. The lowest BCUT2D eigenvalue weighted by molar-refractivity contribution is -0.148. The van der Waals surface area contributed by atoms with Crippen molar-refractivity contribution in [3.05, 3.63) is 97.1 Å². The van der Waals surface area contributed by atoms with Crippen molar-refractivity contribution in [2.75, 3.05) is 26.2 Å². The maximum atomic E-state index is 14.9. The number of fused-ring (bicyclic) bond motifs is 1. The quantitative estimate of drug-likeness (QED) is 0.193. The molecule has 3 fully saturated rings. The summed E-state index contributed by atoms with van der Waals surface area (Å²) < 4.78 is -1.25. The Hall–Kier alpha value is -3.36. The number of hydrogen-bond donors (Lipinski definition) is 1. The molecule has 8 heteroatoms. The topological polar surface area (TPSA) is 81.2 Å². The summed E-state index contributed by atoms with van der Waals surface area (Å²) >= 11 is 1.68. The van der Waals surface area contributed by atoms with Gasteiger partial charge in [0.25, 0.3) is 0 Å². The maximum Gasteiger partial charge on any atom is 0.247 e. The van der Waals surface area contributed by atoms with Gasteiger partial charge in [-0.15, -0.1) is 24.9 Å². The van der Waals surface area contributed by atoms with E-state index in [9.17, 15) is 19.5 Å². The number of likely N-dealkylation sites (tertiary alicyclic amines) is 1. The van der Waals surface area contributed by atoms with Crippen LogP contribution in [0.4, 0.5) is 0 Å². The smallest absolute Gasteiger partial charge is 0.247 e. The van der Waals surface area contributed by atoms with E-state index in [4.69, 9.17) is 0 Å². The molecule has 2 unspecified atom stereocenters. The molecule has 0 radical (unpaired) electrons. The molecule has 3 aliphatic heterocycles. The Labute approximate surface area is 278 Å². The van der Waals surface area contributed by atoms with E-state index in [0.29, 0.717) is 39.0 Å². The van der Waals surface area contributed by atoms with Crippen molar-refractivity contribution in [2.45, 2.75) is 80.5 Å². The van der Waals surface area contributed by atoms with Gasteiger partial charge < -0.3 is 19.8 Å². The summed E-state index contributed by atoms with van der Waals surface area (Å²) in [4.78, 5) is 49.8. The zero-order valence-corrected chi connectivity index (χ0v) is 28.2. The number of aliphatic hydroxyl groups is 1. The lowest BCUT2D eigenvalue weighted by atomic mass is 9.66. The monoisotopic (exact) mass is 643 g/mol. The van der Waals surface area contributed by atoms with Crippen molar-refractivity contribution in [3.63, 3.8) is 0 Å². The van der Waals surface area contributed by atoms with Crippen LogP contribution in [-0.2, 0) is 27.3 Å². The lowest BCUT2D eigenvalue weighted by Gasteiger charge is -2.39. The molecular formula is C38H49N3O4S. The third-order valence-corrected chi connectivity index (χ3v) is 12.2. The molecule has 2 bridgehead atoms. The van der Waals surface area contributed by atoms with E-state index in [1.54, 1.807) is 28.8 Å². The summed E-state index contributed by atoms with van der Waals surface area (Å²) in [6.07, 6.45) is 8.20. The number of carbonyl (C=O) groups is 3. The molecule has 46 heavy (non-hydrogen) atoms. The average molecular weight is 644 g/mol. The summed E-state index contributed by atoms with van der Waals surface area (Å²) in [5.74, 6) is -1.61. The van der Waals surface area contributed by atoms with Gasteiger partial charge in [-0.2, -0.15) is 0 Å². The third kappa shape index (κ3) is 6.30. The van der Waals surface area contributed by atoms with Gasteiger partial charge in [-0.05, 0) is 43.7 Å². The Morgan fingerprint density at radius 1 is 0.978 bits per heavy atom. The first-order valence-electron chi connectivity index (χ1n) is 16.7. The summed E-state index contributed by atoms with van der Waals surface area (Å²) in [7, 11) is 0. The van der Waals surface area contributed by atoms with Gasteiger partial charge in [-0.3, -0.25) is 14.4 Å². The highest BCUT2D eigenvalue weighted by Gasteiger charge is 2.78. The number of unbranched alkanes of at least 4 members (excludes halogenated alkanes) is 2. The third-order valence-electron chi connectivity index (χ3n) is 10.2. The first-order chi connectivity index (χ1) is 22.2. The summed E-state index contributed by atoms with van der Waals surface area (Å²) in [5, 5.41) is 10.8. The Bertz CT molecular complexity index is 1400. The van der Waals surface area contributed by atoms with E-state index < -0.39 is 33.4 Å². The van der Waals surface area contributed by atoms with E-state index in [-0.39, 0.29) is 24.3 Å². The number of rotatable bonds is 16. The molecule has 2 aromatic carbocycles. The van der Waals surface area contributed by atoms with E-state index in [1.807, 2.05) is 70.5 Å². The number of aliphatic hydroxyl groups excluding tert-OH is 1. The highest BCUT2D eigenvalue weighted by molar-refractivity contribution is 8.02. The SMILES string of the molecule is C=CCN(CCCCC)C(=O)C1N([C@@H](CO)Cc2ccccc2)C(=O)[C@@H]2[C@H](C(=O)N(CC=C)Cc3ccccc3)[C@]3(C)CCC12S3. The Kier molecular flexibility index (Phi) is 10.8. The van der Waals surface area contributed by atoms with Crippen molar-refractivity contribution in [1.29, 1.82) is 0 Å². The molecule has 3 aliphatic rings. The van der Waals surface area contributed by atoms with Gasteiger partial charge in [-0.1, -0.05) is 92.6 Å². The fourth-order valence-electron chi connectivity index (χ4n) is 8.11. The minimum absolute atomic E-state index is 0.0683. The Morgan fingerprint density at radius 3 is 2.22 bits per heavy atom. The van der Waals surface area contributed by atoms with Crippen molar-refractivity contribution < 1.29 is 19.5 Å². The van der Waals surface area contributed by atoms with Gasteiger partial charge in [0.1, 0.15) is 6.04 Å². The summed E-state index contributed by atoms with van der Waals surface area (Å²) in [5.41, 5.74) is 1.99. The predicted molar refractivity (Wildman–Crippen MR) is 185 cm³/mol. The zero-order valence-electron chi connectivity index (χ0n) is 27.4. The number of benzene rings is 2. The highest BCUT2D eigenvalue weighted by Crippen LogP contribution is 2.72. The number of nitrogens with zero attached hydrogens (tertiary/aromatic N) is 3. The molecule has 6 atom stereocenters. The van der Waals surface area contributed by atoms with Crippen LogP contribution in [0.5, 0.6) is 0 Å². The van der Waals surface area contributed by atoms with Gasteiger partial charge in [0.15, 0.2) is 0 Å². The second-order valence-corrected chi connectivity index (χ2v) is 15.2. The van der Waals surface area contributed by atoms with Crippen LogP contribution < -0.4 is 0 Å². The molecule has 0 aliphatic carbocycles. The van der Waals surface area contributed by atoms with Crippen molar-refractivity contribution in [1.82, 2.24) is 14.7 Å². The molecule has 0 saturated carbocycles. The van der Waals surface area contributed by atoms with Crippen molar-refractivity contribution in [2.24, 2.45) is 11.8 Å². The van der Waals surface area contributed by atoms with Gasteiger partial charge in [0.05, 0.1) is 29.2 Å². The Morgan fingerprint density at radius 2 is 1.61 bits per heavy atom. The van der Waals surface area contributed by atoms with Gasteiger partial charge in [-0.25, -0.2) is 0 Å². The standard InChI is InChI=1S/C38H49N3O4S/c1-5-8-15-24-39(22-6-2)36(45)33-38-21-20-37(4,46-38)31(34(43)40(23-7-3)26-29-18-13-10-14-19-29)32(38)35(44)41(33)30(27-42)25-28-16-11-9-12-17-28/h6-7,9-14,16-19,30-33,42H,2-3,5,8,15,20-27H2,1,4H3/t30-,31-,32+,33?,37+,38?/m1/s1. The normalized spacial score (nSPS) is 26.9. The van der Waals surface area contributed by atoms with Crippen molar-refractivity contribution in [3.8, 4) is 0 Å². The number of carbonyl (C=O) groups excluding carboxylic acids is 3. The van der Waals surface area contributed by atoms with Gasteiger partial charge >= 0.3 is 0 Å². The van der Waals surface area contributed by atoms with Gasteiger partial charge in [0, 0.05) is 30.9 Å². The van der Waals surface area contributed by atoms with Crippen LogP contribution in [-0.4, -0.2) is 85.3 Å². The van der Waals surface area contributed by atoms with Crippen LogP contribution in [0.15, 0.2) is 86.0 Å². The molecule has 246 valence electrons. The fraction of sp³-hybridized carbons (Fsp3) is 0.500. The largest absolute Gasteiger partial charge is 0.394 e. The van der Waals surface area contributed by atoms with Crippen LogP contribution in [0.2, 0.25) is 0 Å². The zero-order chi connectivity index (χ0) is 32.9. The second-order valence-electron chi connectivity index (χ2n) is 13.3. The molecule has 1 N–H and O–H groups in total. The first-order valence-corrected chi connectivity index (χ1v) is 17.6. The maximum absolute atomic E-state index is 14.9. The molecule has 3 amide bonds. The Balaban J connectivity index is 1.57. The van der Waals surface area contributed by atoms with Crippen LogP contribution in [0.25, 0.3) is 0 Å². The van der Waals surface area contributed by atoms with Crippen molar-refractivity contribution >= 4 is 29.5 Å². The average Bonchev–Trinajstić information content (AvgIpc) is 3.64. The molecular weight excluding hydrogens is 595 g/mol. The first kappa shape index (κ1) is 34.0. The van der Waals surface area contributed by atoms with E-state index in [2.05, 4.69) is 27.0 Å².